The minimum absolute atomic E-state index is 0.104. The van der Waals surface area contributed by atoms with Crippen molar-refractivity contribution in [1.82, 2.24) is 15.1 Å². The summed E-state index contributed by atoms with van der Waals surface area (Å²) in [6, 6.07) is 7.18. The van der Waals surface area contributed by atoms with E-state index in [4.69, 9.17) is 0 Å². The first kappa shape index (κ1) is 18.9. The quantitative estimate of drug-likeness (QED) is 0.868. The topological polar surface area (TPSA) is 35.6 Å². The van der Waals surface area contributed by atoms with Gasteiger partial charge >= 0.3 is 0 Å². The summed E-state index contributed by atoms with van der Waals surface area (Å²) in [7, 11) is 0. The maximum Gasteiger partial charge on any atom is 0.234 e. The van der Waals surface area contributed by atoms with Gasteiger partial charge in [0.05, 0.1) is 6.54 Å². The average molecular weight is 335 g/mol. The van der Waals surface area contributed by atoms with Crippen LogP contribution in [0.25, 0.3) is 0 Å². The van der Waals surface area contributed by atoms with Gasteiger partial charge in [0, 0.05) is 32.2 Å². The Morgan fingerprint density at radius 1 is 1.29 bits per heavy atom. The van der Waals surface area contributed by atoms with Crippen LogP contribution in [0.4, 0.5) is 4.39 Å². The molecule has 0 bridgehead atoms. The number of amides is 1. The van der Waals surface area contributed by atoms with Crippen LogP contribution in [0.2, 0.25) is 0 Å². The van der Waals surface area contributed by atoms with Crippen molar-refractivity contribution in [2.45, 2.75) is 39.8 Å². The molecule has 1 atom stereocenters. The Hall–Kier alpha value is -1.46. The lowest BCUT2D eigenvalue weighted by atomic mass is 10.0. The third-order valence-corrected chi connectivity index (χ3v) is 4.64. The van der Waals surface area contributed by atoms with Crippen molar-refractivity contribution in [1.29, 1.82) is 0 Å². The zero-order valence-corrected chi connectivity index (χ0v) is 15.1. The van der Waals surface area contributed by atoms with E-state index in [1.165, 1.54) is 12.1 Å². The van der Waals surface area contributed by atoms with Crippen molar-refractivity contribution in [2.24, 2.45) is 5.92 Å². The monoisotopic (exact) mass is 335 g/mol. The summed E-state index contributed by atoms with van der Waals surface area (Å²) in [5.74, 6) is 0.412. The fourth-order valence-corrected chi connectivity index (χ4v) is 3.39. The van der Waals surface area contributed by atoms with E-state index < -0.39 is 0 Å². The summed E-state index contributed by atoms with van der Waals surface area (Å²) in [4.78, 5) is 16.6. The largest absolute Gasteiger partial charge is 0.355 e. The van der Waals surface area contributed by atoms with Gasteiger partial charge in [-0.2, -0.15) is 0 Å². The Kier molecular flexibility index (Phi) is 7.18. The first-order valence-electron chi connectivity index (χ1n) is 8.97. The number of halogens is 1. The summed E-state index contributed by atoms with van der Waals surface area (Å²) in [5, 5.41) is 2.88. The fourth-order valence-electron chi connectivity index (χ4n) is 3.39. The van der Waals surface area contributed by atoms with Crippen molar-refractivity contribution in [3.63, 3.8) is 0 Å². The van der Waals surface area contributed by atoms with Gasteiger partial charge in [-0.3, -0.25) is 14.6 Å². The molecule has 1 aromatic carbocycles. The zero-order valence-electron chi connectivity index (χ0n) is 15.1. The molecule has 1 amide bonds. The van der Waals surface area contributed by atoms with Crippen LogP contribution in [0.1, 0.15) is 32.8 Å². The third kappa shape index (κ3) is 5.56. The predicted octanol–water partition coefficient (Wildman–Crippen LogP) is 2.49. The molecule has 1 aliphatic heterocycles. The second kappa shape index (κ2) is 9.14. The van der Waals surface area contributed by atoms with Crippen LogP contribution in [0.3, 0.4) is 0 Å². The highest BCUT2D eigenvalue weighted by atomic mass is 19.1. The normalized spacial score (nSPS) is 20.1. The number of hydrogen-bond donors (Lipinski definition) is 1. The van der Waals surface area contributed by atoms with E-state index in [2.05, 4.69) is 29.0 Å². The van der Waals surface area contributed by atoms with E-state index in [0.29, 0.717) is 25.0 Å². The molecule has 0 aromatic heterocycles. The molecule has 5 heteroatoms. The Labute approximate surface area is 145 Å². The number of rotatable bonds is 6. The Bertz CT molecular complexity index is 518. The van der Waals surface area contributed by atoms with E-state index in [-0.39, 0.29) is 11.7 Å². The summed E-state index contributed by atoms with van der Waals surface area (Å²) in [5.41, 5.74) is 1.14. The highest BCUT2D eigenvalue weighted by molar-refractivity contribution is 5.77. The summed E-state index contributed by atoms with van der Waals surface area (Å²) >= 11 is 0. The number of carbonyl (C=O) groups is 1. The van der Waals surface area contributed by atoms with Crippen molar-refractivity contribution in [2.75, 3.05) is 32.7 Å². The van der Waals surface area contributed by atoms with E-state index in [1.807, 2.05) is 19.1 Å². The lowest BCUT2D eigenvalue weighted by molar-refractivity contribution is -0.122. The van der Waals surface area contributed by atoms with Gasteiger partial charge in [-0.1, -0.05) is 26.0 Å². The van der Waals surface area contributed by atoms with E-state index in [9.17, 15) is 9.18 Å². The van der Waals surface area contributed by atoms with Gasteiger partial charge < -0.3 is 5.32 Å². The molecule has 1 heterocycles. The summed E-state index contributed by atoms with van der Waals surface area (Å²) in [6.45, 7) is 11.2. The minimum atomic E-state index is -0.192. The maximum atomic E-state index is 13.1. The molecule has 4 nitrogen and oxygen atoms in total. The Balaban J connectivity index is 2.03. The molecule has 0 aliphatic carbocycles. The molecule has 1 fully saturated rings. The van der Waals surface area contributed by atoms with E-state index in [0.717, 1.165) is 38.2 Å². The molecular weight excluding hydrogens is 305 g/mol. The highest BCUT2D eigenvalue weighted by Crippen LogP contribution is 2.20. The van der Waals surface area contributed by atoms with Gasteiger partial charge in [-0.15, -0.1) is 0 Å². The lowest BCUT2D eigenvalue weighted by Crippen LogP contribution is -2.46. The third-order valence-electron chi connectivity index (χ3n) is 4.64. The molecule has 2 rings (SSSR count). The lowest BCUT2D eigenvalue weighted by Gasteiger charge is -2.34. The number of benzene rings is 1. The van der Waals surface area contributed by atoms with Crippen LogP contribution in [0.15, 0.2) is 24.3 Å². The smallest absolute Gasteiger partial charge is 0.234 e. The van der Waals surface area contributed by atoms with Crippen LogP contribution >= 0.6 is 0 Å². The van der Waals surface area contributed by atoms with Crippen molar-refractivity contribution in [3.05, 3.63) is 35.6 Å². The van der Waals surface area contributed by atoms with Crippen LogP contribution in [0.5, 0.6) is 0 Å². The number of hydrogen-bond acceptors (Lipinski definition) is 3. The predicted molar refractivity (Wildman–Crippen MR) is 95.2 cm³/mol. The first-order valence-corrected chi connectivity index (χ1v) is 8.97. The second-order valence-corrected chi connectivity index (χ2v) is 6.95. The average Bonchev–Trinajstić information content (AvgIpc) is 2.72. The van der Waals surface area contributed by atoms with Crippen molar-refractivity contribution in [3.8, 4) is 0 Å². The molecule has 134 valence electrons. The molecule has 1 saturated heterocycles. The summed E-state index contributed by atoms with van der Waals surface area (Å²) in [6.07, 6.45) is 1.05. The summed E-state index contributed by atoms with van der Waals surface area (Å²) < 4.78 is 13.1. The van der Waals surface area contributed by atoms with Gasteiger partial charge in [0.1, 0.15) is 5.82 Å². The van der Waals surface area contributed by atoms with Gasteiger partial charge in [-0.05, 0) is 43.5 Å². The second-order valence-electron chi connectivity index (χ2n) is 6.95. The van der Waals surface area contributed by atoms with Gasteiger partial charge in [0.2, 0.25) is 5.91 Å². The van der Waals surface area contributed by atoms with Gasteiger partial charge in [0.25, 0.3) is 0 Å². The maximum absolute atomic E-state index is 13.1. The number of nitrogens with zero attached hydrogens (tertiary/aromatic N) is 2. The SMILES string of the molecule is CCNC(=O)CN1CCCN(Cc2ccc(F)cc2)[C@@H](C(C)C)C1. The van der Waals surface area contributed by atoms with Crippen LogP contribution < -0.4 is 5.32 Å². The zero-order chi connectivity index (χ0) is 17.5. The molecule has 0 spiro atoms. The number of likely N-dealkylation sites (N-methyl/N-ethyl adjacent to an activating group) is 1. The molecule has 0 radical (unpaired) electrons. The highest BCUT2D eigenvalue weighted by Gasteiger charge is 2.28. The number of carbonyl (C=O) groups excluding carboxylic acids is 1. The fraction of sp³-hybridized carbons (Fsp3) is 0.632. The molecule has 1 aliphatic rings. The van der Waals surface area contributed by atoms with Gasteiger partial charge in [-0.25, -0.2) is 4.39 Å². The standard InChI is InChI=1S/C19H30FN3O/c1-4-21-19(24)14-22-10-5-11-23(18(13-22)15(2)3)12-16-6-8-17(20)9-7-16/h6-9,15,18H,4-5,10-14H2,1-3H3,(H,21,24)/t18-/m1/s1. The minimum Gasteiger partial charge on any atom is -0.355 e. The van der Waals surface area contributed by atoms with E-state index >= 15 is 0 Å². The van der Waals surface area contributed by atoms with Gasteiger partial charge in [0.15, 0.2) is 0 Å². The van der Waals surface area contributed by atoms with Crippen molar-refractivity contribution >= 4 is 5.91 Å². The first-order chi connectivity index (χ1) is 11.5. The van der Waals surface area contributed by atoms with Crippen LogP contribution in [-0.2, 0) is 11.3 Å². The van der Waals surface area contributed by atoms with Crippen molar-refractivity contribution < 1.29 is 9.18 Å². The van der Waals surface area contributed by atoms with Crippen LogP contribution in [-0.4, -0.2) is 54.5 Å². The molecule has 0 saturated carbocycles. The van der Waals surface area contributed by atoms with Crippen LogP contribution in [0, 0.1) is 11.7 Å². The molecule has 24 heavy (non-hydrogen) atoms. The van der Waals surface area contributed by atoms with E-state index in [1.54, 1.807) is 0 Å². The molecule has 0 unspecified atom stereocenters. The molecule has 1 aromatic rings. The Morgan fingerprint density at radius 2 is 2.00 bits per heavy atom. The number of nitrogens with one attached hydrogen (secondary N) is 1. The molecule has 1 N–H and O–H groups in total. The Morgan fingerprint density at radius 3 is 2.62 bits per heavy atom. The molecular formula is C19H30FN3O.